The van der Waals surface area contributed by atoms with Gasteiger partial charge >= 0.3 is 5.97 Å². The number of esters is 1. The molecule has 33 heavy (non-hydrogen) atoms. The van der Waals surface area contributed by atoms with Crippen LogP contribution in [0.15, 0.2) is 65.9 Å². The highest BCUT2D eigenvalue weighted by molar-refractivity contribution is 8.00. The third kappa shape index (κ3) is 5.02. The number of methoxy groups -OCH3 is 1. The molecule has 172 valence electrons. The van der Waals surface area contributed by atoms with E-state index in [4.69, 9.17) is 21.1 Å². The molecule has 0 radical (unpaired) electrons. The summed E-state index contributed by atoms with van der Waals surface area (Å²) in [7, 11) is 1.58. The Hall–Kier alpha value is -2.97. The van der Waals surface area contributed by atoms with Crippen LogP contribution in [0.1, 0.15) is 11.1 Å². The zero-order valence-electron chi connectivity index (χ0n) is 18.0. The number of rotatable bonds is 8. The maximum absolute atomic E-state index is 12.9. The number of ether oxygens (including phenoxy) is 2. The van der Waals surface area contributed by atoms with E-state index in [0.29, 0.717) is 17.1 Å². The third-order valence-electron chi connectivity index (χ3n) is 5.45. The van der Waals surface area contributed by atoms with Gasteiger partial charge in [-0.3, -0.25) is 14.5 Å². The van der Waals surface area contributed by atoms with Crippen LogP contribution in [-0.2, 0) is 32.1 Å². The van der Waals surface area contributed by atoms with Crippen molar-refractivity contribution in [1.82, 2.24) is 10.2 Å². The standard InChI is InChI=1S/C24H23ClN2O5S/c1-31-18-9-7-16(8-10-18)13-32-24(30)21-17(12-25)14-33-23-20(22(29)27(21)23)26-19(28)11-15-5-3-2-4-6-15/h2-10,20,23H,11-14H2,1H3,(H,26,28)/t20-,23+/m1/s1. The third-order valence-corrected chi connectivity index (χ3v) is 7.12. The molecule has 0 aliphatic carbocycles. The molecule has 0 spiro atoms. The molecule has 1 N–H and O–H groups in total. The normalized spacial score (nSPS) is 19.5. The van der Waals surface area contributed by atoms with E-state index in [1.807, 2.05) is 30.3 Å². The number of nitrogens with one attached hydrogen (secondary N) is 1. The van der Waals surface area contributed by atoms with E-state index in [-0.39, 0.29) is 41.8 Å². The van der Waals surface area contributed by atoms with Crippen molar-refractivity contribution in [2.75, 3.05) is 18.7 Å². The number of carbonyl (C=O) groups excluding carboxylic acids is 3. The number of alkyl halides is 1. The summed E-state index contributed by atoms with van der Waals surface area (Å²) in [4.78, 5) is 39.7. The molecule has 0 unspecified atom stereocenters. The molecular formula is C24H23ClN2O5S. The fraction of sp³-hybridized carbons (Fsp3) is 0.292. The predicted octanol–water partition coefficient (Wildman–Crippen LogP) is 2.87. The average molecular weight is 487 g/mol. The first kappa shape index (κ1) is 23.2. The summed E-state index contributed by atoms with van der Waals surface area (Å²) in [5.74, 6) is 0.116. The summed E-state index contributed by atoms with van der Waals surface area (Å²) in [6.45, 7) is 0.0545. The number of β-lactam (4-membered cyclic amide) rings is 1. The molecule has 0 bridgehead atoms. The number of thioether (sulfide) groups is 1. The molecule has 0 aromatic heterocycles. The number of nitrogens with zero attached hydrogens (tertiary/aromatic N) is 1. The first-order valence-electron chi connectivity index (χ1n) is 10.4. The summed E-state index contributed by atoms with van der Waals surface area (Å²) in [6, 6.07) is 15.8. The molecule has 1 saturated heterocycles. The van der Waals surface area contributed by atoms with Crippen LogP contribution in [0.3, 0.4) is 0 Å². The highest BCUT2D eigenvalue weighted by Crippen LogP contribution is 2.41. The van der Waals surface area contributed by atoms with Crippen molar-refractivity contribution in [1.29, 1.82) is 0 Å². The number of hydrogen-bond acceptors (Lipinski definition) is 6. The summed E-state index contributed by atoms with van der Waals surface area (Å²) < 4.78 is 10.6. The van der Waals surface area contributed by atoms with Crippen molar-refractivity contribution in [3.8, 4) is 5.75 Å². The van der Waals surface area contributed by atoms with Crippen LogP contribution in [-0.4, -0.2) is 52.8 Å². The minimum atomic E-state index is -0.688. The molecule has 2 aliphatic rings. The highest BCUT2D eigenvalue weighted by Gasteiger charge is 2.54. The van der Waals surface area contributed by atoms with Gasteiger partial charge in [-0.25, -0.2) is 4.79 Å². The van der Waals surface area contributed by atoms with E-state index in [9.17, 15) is 14.4 Å². The quantitative estimate of drug-likeness (QED) is 0.351. The lowest BCUT2D eigenvalue weighted by atomic mass is 10.0. The molecule has 2 aliphatic heterocycles. The molecule has 7 nitrogen and oxygen atoms in total. The van der Waals surface area contributed by atoms with Gasteiger partial charge in [0.05, 0.1) is 13.5 Å². The molecule has 2 heterocycles. The minimum absolute atomic E-state index is 0.0545. The van der Waals surface area contributed by atoms with Crippen LogP contribution in [0.5, 0.6) is 5.75 Å². The van der Waals surface area contributed by atoms with Gasteiger partial charge in [0, 0.05) is 11.6 Å². The lowest BCUT2D eigenvalue weighted by Crippen LogP contribution is -2.70. The summed E-state index contributed by atoms with van der Waals surface area (Å²) in [6.07, 6.45) is 0.182. The number of amides is 2. The van der Waals surface area contributed by atoms with Gasteiger partial charge in [-0.05, 0) is 28.8 Å². The molecule has 9 heteroatoms. The van der Waals surface area contributed by atoms with Gasteiger partial charge in [-0.1, -0.05) is 42.5 Å². The van der Waals surface area contributed by atoms with Gasteiger partial charge in [0.25, 0.3) is 5.91 Å². The van der Waals surface area contributed by atoms with Crippen LogP contribution in [0.25, 0.3) is 0 Å². The van der Waals surface area contributed by atoms with Gasteiger partial charge < -0.3 is 14.8 Å². The zero-order chi connectivity index (χ0) is 23.4. The van der Waals surface area contributed by atoms with E-state index in [1.165, 1.54) is 16.7 Å². The Labute approximate surface area is 201 Å². The largest absolute Gasteiger partial charge is 0.497 e. The smallest absolute Gasteiger partial charge is 0.355 e. The topological polar surface area (TPSA) is 84.9 Å². The van der Waals surface area contributed by atoms with Crippen molar-refractivity contribution >= 4 is 41.1 Å². The first-order chi connectivity index (χ1) is 16.0. The van der Waals surface area contributed by atoms with Crippen molar-refractivity contribution in [2.24, 2.45) is 0 Å². The van der Waals surface area contributed by atoms with Crippen molar-refractivity contribution in [3.05, 3.63) is 77.0 Å². The van der Waals surface area contributed by atoms with Crippen LogP contribution in [0.2, 0.25) is 0 Å². The number of benzene rings is 2. The molecule has 1 fully saturated rings. The van der Waals surface area contributed by atoms with Gasteiger partial charge in [0.15, 0.2) is 0 Å². The Bertz CT molecular complexity index is 1070. The average Bonchev–Trinajstić information content (AvgIpc) is 2.85. The zero-order valence-corrected chi connectivity index (χ0v) is 19.5. The first-order valence-corrected chi connectivity index (χ1v) is 12.0. The Balaban J connectivity index is 1.41. The van der Waals surface area contributed by atoms with Crippen LogP contribution in [0, 0.1) is 0 Å². The second-order valence-electron chi connectivity index (χ2n) is 7.63. The molecule has 2 atom stereocenters. The maximum atomic E-state index is 12.9. The number of carbonyl (C=O) groups is 3. The van der Waals surface area contributed by atoms with Gasteiger partial charge in [-0.2, -0.15) is 0 Å². The fourth-order valence-electron chi connectivity index (χ4n) is 3.72. The minimum Gasteiger partial charge on any atom is -0.497 e. The molecule has 4 rings (SSSR count). The Morgan fingerprint density at radius 2 is 1.85 bits per heavy atom. The van der Waals surface area contributed by atoms with Gasteiger partial charge in [0.2, 0.25) is 5.91 Å². The Kier molecular flexibility index (Phi) is 7.25. The molecule has 2 amide bonds. The van der Waals surface area contributed by atoms with Crippen LogP contribution in [0.4, 0.5) is 0 Å². The van der Waals surface area contributed by atoms with Crippen molar-refractivity contribution < 1.29 is 23.9 Å². The van der Waals surface area contributed by atoms with E-state index >= 15 is 0 Å². The van der Waals surface area contributed by atoms with Crippen LogP contribution >= 0.6 is 23.4 Å². The van der Waals surface area contributed by atoms with E-state index in [2.05, 4.69) is 5.32 Å². The number of fused-ring (bicyclic) bond motifs is 1. The SMILES string of the molecule is COc1ccc(COC(=O)C2=C(CCl)CS[C@H]3[C@H](NC(=O)Cc4ccccc4)C(=O)N23)cc1. The monoisotopic (exact) mass is 486 g/mol. The molecule has 2 aromatic rings. The molecule has 2 aromatic carbocycles. The number of hydrogen-bond donors (Lipinski definition) is 1. The van der Waals surface area contributed by atoms with E-state index in [0.717, 1.165) is 11.1 Å². The second kappa shape index (κ2) is 10.3. The lowest BCUT2D eigenvalue weighted by molar-refractivity contribution is -0.153. The van der Waals surface area contributed by atoms with Crippen LogP contribution < -0.4 is 10.1 Å². The fourth-order valence-corrected chi connectivity index (χ4v) is 5.40. The van der Waals surface area contributed by atoms with E-state index < -0.39 is 12.0 Å². The van der Waals surface area contributed by atoms with Crippen molar-refractivity contribution in [3.63, 3.8) is 0 Å². The Morgan fingerprint density at radius 3 is 2.52 bits per heavy atom. The maximum Gasteiger partial charge on any atom is 0.355 e. The lowest BCUT2D eigenvalue weighted by Gasteiger charge is -2.49. The number of halogens is 1. The Morgan fingerprint density at radius 1 is 1.12 bits per heavy atom. The summed E-state index contributed by atoms with van der Waals surface area (Å²) in [5.41, 5.74) is 2.47. The van der Waals surface area contributed by atoms with Gasteiger partial charge in [0.1, 0.15) is 29.5 Å². The second-order valence-corrected chi connectivity index (χ2v) is 9.00. The van der Waals surface area contributed by atoms with Crippen molar-refractivity contribution in [2.45, 2.75) is 24.4 Å². The molecular weight excluding hydrogens is 464 g/mol. The summed E-state index contributed by atoms with van der Waals surface area (Å²) >= 11 is 7.54. The molecule has 0 saturated carbocycles. The van der Waals surface area contributed by atoms with Gasteiger partial charge in [-0.15, -0.1) is 23.4 Å². The highest BCUT2D eigenvalue weighted by atomic mass is 35.5. The van der Waals surface area contributed by atoms with E-state index in [1.54, 1.807) is 31.4 Å². The predicted molar refractivity (Wildman–Crippen MR) is 126 cm³/mol. The summed E-state index contributed by atoms with van der Waals surface area (Å²) in [5, 5.41) is 2.44.